The maximum atomic E-state index is 5.94. The number of halogens is 1. The Morgan fingerprint density at radius 2 is 1.76 bits per heavy atom. The van der Waals surface area contributed by atoms with E-state index in [2.05, 4.69) is 48.3 Å². The van der Waals surface area contributed by atoms with Gasteiger partial charge in [-0.05, 0) is 35.9 Å². The molecule has 0 aromatic heterocycles. The summed E-state index contributed by atoms with van der Waals surface area (Å²) in [5.74, 6) is 0. The fourth-order valence-electron chi connectivity index (χ4n) is 2.62. The molecule has 0 fully saturated rings. The van der Waals surface area contributed by atoms with Crippen LogP contribution in [0.1, 0.15) is 22.7 Å². The van der Waals surface area contributed by atoms with Gasteiger partial charge in [0.1, 0.15) is 0 Å². The summed E-state index contributed by atoms with van der Waals surface area (Å²) in [7, 11) is 2.17. The van der Waals surface area contributed by atoms with E-state index < -0.39 is 0 Å². The van der Waals surface area contributed by atoms with Gasteiger partial charge in [-0.1, -0.05) is 48.0 Å². The van der Waals surface area contributed by atoms with Gasteiger partial charge in [0.25, 0.3) is 0 Å². The van der Waals surface area contributed by atoms with Gasteiger partial charge < -0.3 is 0 Å². The van der Waals surface area contributed by atoms with Crippen molar-refractivity contribution in [3.63, 3.8) is 0 Å². The van der Waals surface area contributed by atoms with Crippen LogP contribution >= 0.6 is 11.6 Å². The van der Waals surface area contributed by atoms with E-state index in [0.29, 0.717) is 6.04 Å². The zero-order valence-corrected chi connectivity index (χ0v) is 10.5. The van der Waals surface area contributed by atoms with Crippen LogP contribution in [0.5, 0.6) is 0 Å². The molecule has 1 heterocycles. The molecule has 1 atom stereocenters. The lowest BCUT2D eigenvalue weighted by molar-refractivity contribution is 0.304. The monoisotopic (exact) mass is 243 g/mol. The third kappa shape index (κ3) is 1.86. The smallest absolute Gasteiger partial charge is 0.0605 e. The third-order valence-corrected chi connectivity index (χ3v) is 3.65. The molecule has 3 rings (SSSR count). The van der Waals surface area contributed by atoms with Crippen LogP contribution in [0.15, 0.2) is 48.5 Å². The van der Waals surface area contributed by atoms with Gasteiger partial charge in [0.2, 0.25) is 0 Å². The molecule has 0 saturated carbocycles. The van der Waals surface area contributed by atoms with Crippen molar-refractivity contribution in [1.29, 1.82) is 0 Å². The van der Waals surface area contributed by atoms with Crippen molar-refractivity contribution >= 4 is 11.6 Å². The number of hydrogen-bond donors (Lipinski definition) is 0. The van der Waals surface area contributed by atoms with E-state index in [1.807, 2.05) is 12.1 Å². The SMILES string of the molecule is CN1Cc2ccccc2C1c1ccc(Cl)cc1. The summed E-state index contributed by atoms with van der Waals surface area (Å²) in [6.45, 7) is 1.02. The zero-order chi connectivity index (χ0) is 11.8. The maximum absolute atomic E-state index is 5.94. The van der Waals surface area contributed by atoms with Crippen LogP contribution in [0, 0.1) is 0 Å². The van der Waals surface area contributed by atoms with E-state index in [1.165, 1.54) is 16.7 Å². The first-order valence-corrected chi connectivity index (χ1v) is 6.17. The highest BCUT2D eigenvalue weighted by molar-refractivity contribution is 6.30. The molecule has 0 radical (unpaired) electrons. The van der Waals surface area contributed by atoms with Crippen LogP contribution in [0.4, 0.5) is 0 Å². The fourth-order valence-corrected chi connectivity index (χ4v) is 2.75. The first kappa shape index (κ1) is 10.8. The molecule has 0 bridgehead atoms. The quantitative estimate of drug-likeness (QED) is 0.735. The van der Waals surface area contributed by atoms with Crippen molar-refractivity contribution in [2.45, 2.75) is 12.6 Å². The summed E-state index contributed by atoms with van der Waals surface area (Å²) in [5.41, 5.74) is 4.15. The van der Waals surface area contributed by atoms with Gasteiger partial charge in [0.05, 0.1) is 6.04 Å². The number of nitrogens with zero attached hydrogens (tertiary/aromatic N) is 1. The first-order valence-electron chi connectivity index (χ1n) is 5.79. The maximum Gasteiger partial charge on any atom is 0.0605 e. The van der Waals surface area contributed by atoms with Crippen LogP contribution in [0.2, 0.25) is 5.02 Å². The zero-order valence-electron chi connectivity index (χ0n) is 9.73. The van der Waals surface area contributed by atoms with Crippen molar-refractivity contribution in [1.82, 2.24) is 4.90 Å². The Morgan fingerprint density at radius 1 is 1.06 bits per heavy atom. The molecule has 17 heavy (non-hydrogen) atoms. The molecule has 2 aromatic rings. The van der Waals surface area contributed by atoms with Gasteiger partial charge in [-0.3, -0.25) is 4.90 Å². The molecule has 2 heteroatoms. The van der Waals surface area contributed by atoms with Crippen LogP contribution < -0.4 is 0 Å². The highest BCUT2D eigenvalue weighted by Gasteiger charge is 2.27. The molecular weight excluding hydrogens is 230 g/mol. The second-order valence-electron chi connectivity index (χ2n) is 4.57. The van der Waals surface area contributed by atoms with E-state index in [9.17, 15) is 0 Å². The molecule has 2 aromatic carbocycles. The van der Waals surface area contributed by atoms with Gasteiger partial charge in [0.15, 0.2) is 0 Å². The average Bonchev–Trinajstić information content (AvgIpc) is 2.66. The minimum Gasteiger partial charge on any atom is -0.291 e. The normalized spacial score (nSPS) is 19.3. The second-order valence-corrected chi connectivity index (χ2v) is 5.00. The molecule has 1 nitrogen and oxygen atoms in total. The van der Waals surface area contributed by atoms with Crippen molar-refractivity contribution in [2.24, 2.45) is 0 Å². The lowest BCUT2D eigenvalue weighted by atomic mass is 9.98. The van der Waals surface area contributed by atoms with E-state index in [4.69, 9.17) is 11.6 Å². The van der Waals surface area contributed by atoms with E-state index >= 15 is 0 Å². The molecule has 0 N–H and O–H groups in total. The highest BCUT2D eigenvalue weighted by atomic mass is 35.5. The molecule has 1 aliphatic heterocycles. The van der Waals surface area contributed by atoms with Crippen molar-refractivity contribution in [2.75, 3.05) is 7.05 Å². The van der Waals surface area contributed by atoms with Gasteiger partial charge in [-0.25, -0.2) is 0 Å². The molecule has 0 aliphatic carbocycles. The van der Waals surface area contributed by atoms with Gasteiger partial charge >= 0.3 is 0 Å². The average molecular weight is 244 g/mol. The standard InChI is InChI=1S/C15H14ClN/c1-17-10-12-4-2-3-5-14(12)15(17)11-6-8-13(16)9-7-11/h2-9,15H,10H2,1H3. The Labute approximate surface area is 107 Å². The minimum atomic E-state index is 0.364. The van der Waals surface area contributed by atoms with Crippen molar-refractivity contribution < 1.29 is 0 Å². The summed E-state index contributed by atoms with van der Waals surface area (Å²) in [4.78, 5) is 2.37. The summed E-state index contributed by atoms with van der Waals surface area (Å²) >= 11 is 5.94. The van der Waals surface area contributed by atoms with Crippen molar-refractivity contribution in [3.8, 4) is 0 Å². The van der Waals surface area contributed by atoms with Gasteiger partial charge in [0, 0.05) is 11.6 Å². The molecular formula is C15H14ClN. The Morgan fingerprint density at radius 3 is 2.53 bits per heavy atom. The van der Waals surface area contributed by atoms with Crippen LogP contribution in [0.25, 0.3) is 0 Å². The Balaban J connectivity index is 2.06. The Kier molecular flexibility index (Phi) is 2.65. The van der Waals surface area contributed by atoms with Crippen LogP contribution in [-0.4, -0.2) is 11.9 Å². The molecule has 0 amide bonds. The van der Waals surface area contributed by atoms with Gasteiger partial charge in [-0.15, -0.1) is 0 Å². The first-order chi connectivity index (χ1) is 8.25. The third-order valence-electron chi connectivity index (χ3n) is 3.40. The summed E-state index contributed by atoms with van der Waals surface area (Å²) in [6, 6.07) is 17.2. The van der Waals surface area contributed by atoms with E-state index in [1.54, 1.807) is 0 Å². The molecule has 86 valence electrons. The van der Waals surface area contributed by atoms with E-state index in [0.717, 1.165) is 11.6 Å². The van der Waals surface area contributed by atoms with Crippen molar-refractivity contribution in [3.05, 3.63) is 70.2 Å². The highest BCUT2D eigenvalue weighted by Crippen LogP contribution is 2.37. The number of fused-ring (bicyclic) bond motifs is 1. The topological polar surface area (TPSA) is 3.24 Å². The molecule has 0 spiro atoms. The molecule has 0 saturated heterocycles. The summed E-state index contributed by atoms with van der Waals surface area (Å²) < 4.78 is 0. The predicted molar refractivity (Wildman–Crippen MR) is 71.2 cm³/mol. The number of hydrogen-bond acceptors (Lipinski definition) is 1. The number of rotatable bonds is 1. The lowest BCUT2D eigenvalue weighted by Crippen LogP contribution is -2.17. The largest absolute Gasteiger partial charge is 0.291 e. The summed E-state index contributed by atoms with van der Waals surface area (Å²) in [5, 5.41) is 0.794. The lowest BCUT2D eigenvalue weighted by Gasteiger charge is -2.20. The number of benzene rings is 2. The Bertz CT molecular complexity index is 533. The minimum absolute atomic E-state index is 0.364. The molecule has 1 unspecified atom stereocenters. The molecule has 1 aliphatic rings. The fraction of sp³-hybridized carbons (Fsp3) is 0.200. The predicted octanol–water partition coefficient (Wildman–Crippen LogP) is 3.87. The Hall–Kier alpha value is -1.31. The summed E-state index contributed by atoms with van der Waals surface area (Å²) in [6.07, 6.45) is 0. The van der Waals surface area contributed by atoms with Crippen LogP contribution in [0.3, 0.4) is 0 Å². The second kappa shape index (κ2) is 4.17. The van der Waals surface area contributed by atoms with Crippen LogP contribution in [-0.2, 0) is 6.54 Å². The van der Waals surface area contributed by atoms with Gasteiger partial charge in [-0.2, -0.15) is 0 Å². The van der Waals surface area contributed by atoms with E-state index in [-0.39, 0.29) is 0 Å².